The van der Waals surface area contributed by atoms with E-state index in [-0.39, 0.29) is 7.92 Å². The van der Waals surface area contributed by atoms with E-state index in [0.29, 0.717) is 0 Å². The summed E-state index contributed by atoms with van der Waals surface area (Å²) in [5, 5.41) is 0. The smallest absolute Gasteiger partial charge is 0.00854 e. The first kappa shape index (κ1) is 20.1. The molecule has 0 saturated heterocycles. The van der Waals surface area contributed by atoms with Gasteiger partial charge in [-0.15, -0.1) is 8.58 Å². The van der Waals surface area contributed by atoms with Crippen molar-refractivity contribution >= 4 is 16.5 Å². The van der Waals surface area contributed by atoms with Gasteiger partial charge in [0.15, 0.2) is 0 Å². The Kier molecular flexibility index (Phi) is 7.79. The second kappa shape index (κ2) is 10.1. The van der Waals surface area contributed by atoms with Crippen molar-refractivity contribution in [2.45, 2.75) is 150 Å². The van der Waals surface area contributed by atoms with E-state index >= 15 is 0 Å². The first-order valence-corrected chi connectivity index (χ1v) is 15.0. The summed E-state index contributed by atoms with van der Waals surface area (Å²) in [6.07, 6.45) is 31.7. The zero-order valence-corrected chi connectivity index (χ0v) is 19.2. The predicted molar refractivity (Wildman–Crippen MR) is 122 cm³/mol. The van der Waals surface area contributed by atoms with Crippen molar-refractivity contribution < 1.29 is 0 Å². The third kappa shape index (κ3) is 4.88. The molecule has 0 heterocycles. The van der Waals surface area contributed by atoms with Crippen molar-refractivity contribution in [3.63, 3.8) is 0 Å². The van der Waals surface area contributed by atoms with E-state index in [0.717, 1.165) is 10.6 Å². The van der Waals surface area contributed by atoms with E-state index in [9.17, 15) is 0 Å². The van der Waals surface area contributed by atoms with Crippen molar-refractivity contribution in [2.24, 2.45) is 0 Å². The molecule has 0 aliphatic heterocycles. The molecule has 26 heavy (non-hydrogen) atoms. The zero-order chi connectivity index (χ0) is 17.7. The van der Waals surface area contributed by atoms with Crippen molar-refractivity contribution in [3.05, 3.63) is 0 Å². The minimum absolute atomic E-state index is 0.288. The molecule has 0 aromatic heterocycles. The van der Waals surface area contributed by atoms with Crippen LogP contribution in [-0.2, 0) is 0 Å². The molecule has 0 spiro atoms. The van der Waals surface area contributed by atoms with Gasteiger partial charge in [0.05, 0.1) is 0 Å². The summed E-state index contributed by atoms with van der Waals surface area (Å²) >= 11 is 0. The lowest BCUT2D eigenvalue weighted by atomic mass is 9.98. The van der Waals surface area contributed by atoms with Gasteiger partial charge in [-0.2, -0.15) is 0 Å². The minimum atomic E-state index is 0.288. The van der Waals surface area contributed by atoms with Crippen molar-refractivity contribution in [2.75, 3.05) is 0 Å². The molecule has 4 saturated carbocycles. The number of hydrogen-bond acceptors (Lipinski definition) is 0. The van der Waals surface area contributed by atoms with Crippen LogP contribution in [0.2, 0.25) is 0 Å². The molecule has 4 aliphatic rings. The summed E-state index contributed by atoms with van der Waals surface area (Å²) in [5.41, 5.74) is 3.49. The summed E-state index contributed by atoms with van der Waals surface area (Å²) in [6, 6.07) is 0. The van der Waals surface area contributed by atoms with Crippen molar-refractivity contribution in [1.29, 1.82) is 0 Å². The Morgan fingerprint density at radius 1 is 0.500 bits per heavy atom. The van der Waals surface area contributed by atoms with Gasteiger partial charge < -0.3 is 0 Å². The maximum Gasteiger partial charge on any atom is 0.00854 e. The third-order valence-electron chi connectivity index (χ3n) is 8.19. The van der Waals surface area contributed by atoms with Crippen molar-refractivity contribution in [1.82, 2.24) is 0 Å². The van der Waals surface area contributed by atoms with Gasteiger partial charge in [0.2, 0.25) is 0 Å². The average molecular weight is 395 g/mol. The topological polar surface area (TPSA) is 0 Å². The van der Waals surface area contributed by atoms with Gasteiger partial charge in [0, 0.05) is 4.90 Å². The Bertz CT molecular complexity index is 378. The summed E-state index contributed by atoms with van der Waals surface area (Å²) in [5.74, 6) is 0. The maximum atomic E-state index is 1.65. The fraction of sp³-hybridized carbons (Fsp3) is 1.00. The van der Waals surface area contributed by atoms with Gasteiger partial charge >= 0.3 is 0 Å². The quantitative estimate of drug-likeness (QED) is 0.409. The van der Waals surface area contributed by atoms with E-state index in [2.05, 4.69) is 0 Å². The number of hydrogen-bond donors (Lipinski definition) is 0. The Morgan fingerprint density at radius 3 is 1.42 bits per heavy atom. The molecule has 0 aromatic carbocycles. The third-order valence-corrected chi connectivity index (χ3v) is 15.4. The SMILES string of the molecule is C1CCC(PC2(P(C3CCCCC3)C3CCCCC3)CCCCC2)CC1. The van der Waals surface area contributed by atoms with E-state index in [1.54, 1.807) is 122 Å². The number of rotatable bonds is 5. The fourth-order valence-corrected chi connectivity index (χ4v) is 16.0. The first-order valence-electron chi connectivity index (χ1n) is 12.4. The predicted octanol–water partition coefficient (Wildman–Crippen LogP) is 8.81. The molecular formula is C24H44P2. The van der Waals surface area contributed by atoms with Gasteiger partial charge in [-0.25, -0.2) is 0 Å². The van der Waals surface area contributed by atoms with Crippen LogP contribution in [0.25, 0.3) is 0 Å². The van der Waals surface area contributed by atoms with Crippen LogP contribution >= 0.6 is 16.5 Å². The molecule has 0 aromatic rings. The van der Waals surface area contributed by atoms with Crippen LogP contribution in [0.5, 0.6) is 0 Å². The highest BCUT2D eigenvalue weighted by Gasteiger charge is 2.47. The molecule has 0 bridgehead atoms. The first-order chi connectivity index (χ1) is 12.9. The van der Waals surface area contributed by atoms with Gasteiger partial charge in [0.25, 0.3) is 0 Å². The second-order valence-corrected chi connectivity index (χ2v) is 15.7. The molecule has 4 rings (SSSR count). The molecule has 4 aliphatic carbocycles. The van der Waals surface area contributed by atoms with Crippen LogP contribution in [0, 0.1) is 0 Å². The minimum Gasteiger partial charge on any atom is -0.108 e. The molecule has 2 heteroatoms. The fourth-order valence-electron chi connectivity index (χ4n) is 6.96. The Balaban J connectivity index is 1.58. The molecular weight excluding hydrogens is 350 g/mol. The molecule has 0 amide bonds. The van der Waals surface area contributed by atoms with Gasteiger partial charge in [-0.3, -0.25) is 0 Å². The maximum absolute atomic E-state index is 1.65. The highest BCUT2D eigenvalue weighted by Crippen LogP contribution is 2.74. The zero-order valence-electron chi connectivity index (χ0n) is 17.3. The summed E-state index contributed by atoms with van der Waals surface area (Å²) in [7, 11) is 1.65. The lowest BCUT2D eigenvalue weighted by molar-refractivity contribution is 0.439. The molecule has 4 fully saturated rings. The summed E-state index contributed by atoms with van der Waals surface area (Å²) < 4.78 is 0. The van der Waals surface area contributed by atoms with Gasteiger partial charge in [0.1, 0.15) is 0 Å². The van der Waals surface area contributed by atoms with E-state index in [4.69, 9.17) is 0 Å². The Hall–Kier alpha value is 0.860. The summed E-state index contributed by atoms with van der Waals surface area (Å²) in [4.78, 5) is 0.861. The molecule has 0 N–H and O–H groups in total. The van der Waals surface area contributed by atoms with Gasteiger partial charge in [-0.05, 0) is 68.3 Å². The van der Waals surface area contributed by atoms with Crippen LogP contribution in [-0.4, -0.2) is 21.9 Å². The molecule has 0 radical (unpaired) electrons. The van der Waals surface area contributed by atoms with E-state index in [1.165, 1.54) is 26.3 Å². The van der Waals surface area contributed by atoms with Gasteiger partial charge in [-0.1, -0.05) is 85.0 Å². The highest BCUT2D eigenvalue weighted by atomic mass is 31.2. The lowest BCUT2D eigenvalue weighted by Gasteiger charge is -2.54. The van der Waals surface area contributed by atoms with Crippen LogP contribution in [0.4, 0.5) is 0 Å². The average Bonchev–Trinajstić information content (AvgIpc) is 2.71. The Labute approximate surface area is 167 Å². The van der Waals surface area contributed by atoms with Crippen LogP contribution in [0.1, 0.15) is 128 Å². The molecule has 0 nitrogen and oxygen atoms in total. The largest absolute Gasteiger partial charge is 0.108 e. The molecule has 1 unspecified atom stereocenters. The summed E-state index contributed by atoms with van der Waals surface area (Å²) in [6.45, 7) is 0. The lowest BCUT2D eigenvalue weighted by Crippen LogP contribution is -2.36. The van der Waals surface area contributed by atoms with Crippen LogP contribution < -0.4 is 0 Å². The van der Waals surface area contributed by atoms with Crippen LogP contribution in [0.3, 0.4) is 0 Å². The highest BCUT2D eigenvalue weighted by molar-refractivity contribution is 7.71. The monoisotopic (exact) mass is 394 g/mol. The van der Waals surface area contributed by atoms with E-state index < -0.39 is 0 Å². The normalized spacial score (nSPS) is 30.3. The molecule has 150 valence electrons. The molecule has 1 atom stereocenters. The standard InChI is InChI=1S/C24H44P2/c1-5-13-21(14-6-1)25-24(19-11-4-12-20-24)26(22-15-7-2-8-16-22)23-17-9-3-10-18-23/h21-23,25H,1-20H2. The Morgan fingerprint density at radius 2 is 0.923 bits per heavy atom. The van der Waals surface area contributed by atoms with Crippen LogP contribution in [0.15, 0.2) is 0 Å². The van der Waals surface area contributed by atoms with Crippen molar-refractivity contribution in [3.8, 4) is 0 Å². The van der Waals surface area contributed by atoms with E-state index in [1.807, 2.05) is 0 Å². The second-order valence-electron chi connectivity index (χ2n) is 10.1.